The maximum atomic E-state index is 13.2. The first-order chi connectivity index (χ1) is 29.0. The SMILES string of the molecule is CC/C=C/C=C/C=C\C=C/CCCC(CC(=O)NC(CO)C(O)CCCCCCCCCCCCCCC)OC(=O)CCCCCCCCCCCCCCCCCC. The highest BCUT2D eigenvalue weighted by Crippen LogP contribution is 2.18. The fraction of sp³-hybridized carbons (Fsp3) is 0.811. The van der Waals surface area contributed by atoms with Crippen molar-refractivity contribution in [3.63, 3.8) is 0 Å². The van der Waals surface area contributed by atoms with Gasteiger partial charge in [-0.2, -0.15) is 0 Å². The number of hydrogen-bond acceptors (Lipinski definition) is 5. The van der Waals surface area contributed by atoms with Crippen molar-refractivity contribution in [1.29, 1.82) is 0 Å². The number of unbranched alkanes of at least 4 members (excludes halogenated alkanes) is 28. The monoisotopic (exact) mass is 828 g/mol. The molecule has 0 rings (SSSR count). The van der Waals surface area contributed by atoms with Crippen LogP contribution in [-0.4, -0.2) is 46.9 Å². The average Bonchev–Trinajstić information content (AvgIpc) is 3.23. The van der Waals surface area contributed by atoms with Gasteiger partial charge in [0.25, 0.3) is 0 Å². The molecule has 344 valence electrons. The first-order valence-corrected chi connectivity index (χ1v) is 25.4. The Kier molecular flexibility index (Phi) is 45.1. The van der Waals surface area contributed by atoms with E-state index in [1.54, 1.807) is 0 Å². The van der Waals surface area contributed by atoms with Gasteiger partial charge in [0.1, 0.15) is 6.10 Å². The minimum Gasteiger partial charge on any atom is -0.462 e. The summed E-state index contributed by atoms with van der Waals surface area (Å²) in [7, 11) is 0. The fourth-order valence-electron chi connectivity index (χ4n) is 7.68. The lowest BCUT2D eigenvalue weighted by atomic mass is 10.0. The van der Waals surface area contributed by atoms with E-state index in [-0.39, 0.29) is 24.9 Å². The number of esters is 1. The molecule has 59 heavy (non-hydrogen) atoms. The van der Waals surface area contributed by atoms with Crippen LogP contribution in [0.4, 0.5) is 0 Å². The molecule has 0 fully saturated rings. The van der Waals surface area contributed by atoms with Crippen LogP contribution in [0, 0.1) is 0 Å². The Morgan fingerprint density at radius 3 is 1.36 bits per heavy atom. The summed E-state index contributed by atoms with van der Waals surface area (Å²) in [6, 6.07) is -0.720. The van der Waals surface area contributed by atoms with E-state index in [0.717, 1.165) is 57.8 Å². The van der Waals surface area contributed by atoms with Crippen molar-refractivity contribution in [3.05, 3.63) is 48.6 Å². The standard InChI is InChI=1S/C53H97NO5/c1-4-7-10-13-16-19-22-24-25-26-28-31-34-37-40-43-46-53(58)59-49(44-41-38-35-32-29-21-18-15-12-9-6-3)47-52(57)54-50(48-55)51(56)45-42-39-36-33-30-27-23-20-17-14-11-8-5-2/h9,12,15,18,21,29,32,35,49-51,55-56H,4-8,10-11,13-14,16-17,19-20,22-28,30-31,33-34,36-48H2,1-3H3,(H,54,57)/b12-9+,18-15+,29-21-,35-32-. The van der Waals surface area contributed by atoms with Crippen molar-refractivity contribution in [3.8, 4) is 0 Å². The van der Waals surface area contributed by atoms with Gasteiger partial charge in [0.2, 0.25) is 5.91 Å². The molecule has 6 nitrogen and oxygen atoms in total. The molecule has 0 bridgehead atoms. The second-order valence-corrected chi connectivity index (χ2v) is 17.3. The molecular formula is C53H97NO5. The van der Waals surface area contributed by atoms with Gasteiger partial charge in [0, 0.05) is 6.42 Å². The molecule has 0 aromatic heterocycles. The van der Waals surface area contributed by atoms with Gasteiger partial charge < -0.3 is 20.3 Å². The van der Waals surface area contributed by atoms with Gasteiger partial charge in [-0.3, -0.25) is 9.59 Å². The number of hydrogen-bond donors (Lipinski definition) is 3. The average molecular weight is 828 g/mol. The molecule has 3 atom stereocenters. The zero-order chi connectivity index (χ0) is 43.1. The second-order valence-electron chi connectivity index (χ2n) is 17.3. The smallest absolute Gasteiger partial charge is 0.306 e. The molecule has 0 heterocycles. The third-order valence-corrected chi connectivity index (χ3v) is 11.5. The Morgan fingerprint density at radius 2 is 0.915 bits per heavy atom. The van der Waals surface area contributed by atoms with Crippen molar-refractivity contribution >= 4 is 11.9 Å². The number of carbonyl (C=O) groups is 2. The summed E-state index contributed by atoms with van der Waals surface area (Å²) in [5.74, 6) is -0.534. The van der Waals surface area contributed by atoms with E-state index in [4.69, 9.17) is 4.74 Å². The molecule has 0 aliphatic carbocycles. The second kappa shape index (κ2) is 46.9. The molecule has 0 radical (unpaired) electrons. The number of carbonyl (C=O) groups excluding carboxylic acids is 2. The van der Waals surface area contributed by atoms with Gasteiger partial charge in [0.05, 0.1) is 25.2 Å². The van der Waals surface area contributed by atoms with E-state index < -0.39 is 18.2 Å². The van der Waals surface area contributed by atoms with Crippen molar-refractivity contribution in [2.75, 3.05) is 6.61 Å². The number of allylic oxidation sites excluding steroid dienone is 8. The lowest BCUT2D eigenvalue weighted by molar-refractivity contribution is -0.151. The van der Waals surface area contributed by atoms with E-state index >= 15 is 0 Å². The van der Waals surface area contributed by atoms with Crippen LogP contribution in [0.1, 0.15) is 252 Å². The lowest BCUT2D eigenvalue weighted by Crippen LogP contribution is -2.46. The quantitative estimate of drug-likeness (QED) is 0.0323. The first-order valence-electron chi connectivity index (χ1n) is 25.4. The minimum absolute atomic E-state index is 0.0341. The number of nitrogens with one attached hydrogen (secondary N) is 1. The van der Waals surface area contributed by atoms with Crippen LogP contribution in [-0.2, 0) is 14.3 Å². The minimum atomic E-state index is -0.803. The van der Waals surface area contributed by atoms with E-state index in [9.17, 15) is 19.8 Å². The molecular weight excluding hydrogens is 731 g/mol. The van der Waals surface area contributed by atoms with Crippen molar-refractivity contribution in [1.82, 2.24) is 5.32 Å². The molecule has 0 aromatic carbocycles. The summed E-state index contributed by atoms with van der Waals surface area (Å²) in [4.78, 5) is 26.1. The van der Waals surface area contributed by atoms with Crippen LogP contribution in [0.3, 0.4) is 0 Å². The number of rotatable bonds is 45. The maximum absolute atomic E-state index is 13.2. The topological polar surface area (TPSA) is 95.9 Å². The Morgan fingerprint density at radius 1 is 0.508 bits per heavy atom. The molecule has 3 N–H and O–H groups in total. The van der Waals surface area contributed by atoms with Gasteiger partial charge in [0.15, 0.2) is 0 Å². The lowest BCUT2D eigenvalue weighted by Gasteiger charge is -2.24. The molecule has 0 saturated carbocycles. The molecule has 0 aromatic rings. The van der Waals surface area contributed by atoms with Crippen molar-refractivity contribution in [2.45, 2.75) is 270 Å². The summed E-state index contributed by atoms with van der Waals surface area (Å²) in [5, 5.41) is 23.7. The van der Waals surface area contributed by atoms with E-state index in [1.807, 2.05) is 36.5 Å². The number of amides is 1. The van der Waals surface area contributed by atoms with Gasteiger partial charge in [-0.05, 0) is 38.5 Å². The Bertz CT molecular complexity index is 1020. The molecule has 0 spiro atoms. The van der Waals surface area contributed by atoms with Crippen LogP contribution < -0.4 is 5.32 Å². The zero-order valence-corrected chi connectivity index (χ0v) is 39.1. The van der Waals surface area contributed by atoms with Gasteiger partial charge in [-0.25, -0.2) is 0 Å². The Hall–Kier alpha value is -2.18. The number of ether oxygens (including phenoxy) is 1. The van der Waals surface area contributed by atoms with Gasteiger partial charge in [-0.15, -0.1) is 0 Å². The van der Waals surface area contributed by atoms with Crippen LogP contribution >= 0.6 is 0 Å². The third kappa shape index (κ3) is 42.3. The highest BCUT2D eigenvalue weighted by molar-refractivity contribution is 5.77. The third-order valence-electron chi connectivity index (χ3n) is 11.5. The Balaban J connectivity index is 4.56. The van der Waals surface area contributed by atoms with Crippen molar-refractivity contribution < 1.29 is 24.5 Å². The van der Waals surface area contributed by atoms with Crippen LogP contribution in [0.2, 0.25) is 0 Å². The fourth-order valence-corrected chi connectivity index (χ4v) is 7.68. The predicted molar refractivity (Wildman–Crippen MR) is 255 cm³/mol. The van der Waals surface area contributed by atoms with E-state index in [0.29, 0.717) is 19.3 Å². The molecule has 3 unspecified atom stereocenters. The molecule has 6 heteroatoms. The number of aliphatic hydroxyl groups is 2. The highest BCUT2D eigenvalue weighted by atomic mass is 16.5. The summed E-state index contributed by atoms with van der Waals surface area (Å²) < 4.78 is 5.89. The van der Waals surface area contributed by atoms with E-state index in [2.05, 4.69) is 38.2 Å². The molecule has 1 amide bonds. The zero-order valence-electron chi connectivity index (χ0n) is 39.1. The van der Waals surface area contributed by atoms with Crippen LogP contribution in [0.5, 0.6) is 0 Å². The predicted octanol–water partition coefficient (Wildman–Crippen LogP) is 15.1. The molecule has 0 aliphatic heterocycles. The highest BCUT2D eigenvalue weighted by Gasteiger charge is 2.24. The Labute approximate surface area is 366 Å². The van der Waals surface area contributed by atoms with Crippen LogP contribution in [0.15, 0.2) is 48.6 Å². The summed E-state index contributed by atoms with van der Waals surface area (Å²) >= 11 is 0. The normalized spacial score (nSPS) is 13.6. The summed E-state index contributed by atoms with van der Waals surface area (Å²) in [5.41, 5.74) is 0. The summed E-state index contributed by atoms with van der Waals surface area (Å²) in [6.07, 6.45) is 56.1. The number of aliphatic hydroxyl groups excluding tert-OH is 2. The van der Waals surface area contributed by atoms with E-state index in [1.165, 1.54) is 148 Å². The van der Waals surface area contributed by atoms with Crippen molar-refractivity contribution in [2.24, 2.45) is 0 Å². The largest absolute Gasteiger partial charge is 0.462 e. The summed E-state index contributed by atoms with van der Waals surface area (Å²) in [6.45, 7) is 6.33. The first kappa shape index (κ1) is 56.8. The van der Waals surface area contributed by atoms with Gasteiger partial charge in [-0.1, -0.05) is 249 Å². The molecule has 0 aliphatic rings. The van der Waals surface area contributed by atoms with Crippen LogP contribution in [0.25, 0.3) is 0 Å². The molecule has 0 saturated heterocycles. The van der Waals surface area contributed by atoms with Gasteiger partial charge >= 0.3 is 5.97 Å². The maximum Gasteiger partial charge on any atom is 0.306 e.